The minimum absolute atomic E-state index is 0.00587. The molecule has 9 nitrogen and oxygen atoms in total. The lowest BCUT2D eigenvalue weighted by Gasteiger charge is -2.40. The molecule has 1 fully saturated rings. The molecule has 13 heteroatoms. The predicted molar refractivity (Wildman–Crippen MR) is 131 cm³/mol. The lowest BCUT2D eigenvalue weighted by molar-refractivity contribution is -0.155. The number of alkyl halides is 3. The number of nitrogens with zero attached hydrogens (tertiary/aromatic N) is 4. The number of thioether (sulfide) groups is 1. The summed E-state index contributed by atoms with van der Waals surface area (Å²) < 4.78 is 48.2. The molecule has 0 aliphatic carbocycles. The van der Waals surface area contributed by atoms with Crippen LogP contribution in [0.2, 0.25) is 0 Å². The molecule has 3 aromatic rings. The summed E-state index contributed by atoms with van der Waals surface area (Å²) in [6.45, 7) is 0.528. The lowest BCUT2D eigenvalue weighted by Crippen LogP contribution is -2.60. The van der Waals surface area contributed by atoms with E-state index >= 15 is 0 Å². The second-order valence-corrected chi connectivity index (χ2v) is 9.37. The molecule has 37 heavy (non-hydrogen) atoms. The van der Waals surface area contributed by atoms with Crippen molar-refractivity contribution in [3.8, 4) is 5.75 Å². The molecule has 2 amide bonds. The molecule has 1 aromatic heterocycles. The van der Waals surface area contributed by atoms with E-state index in [-0.39, 0.29) is 48.1 Å². The maximum absolute atomic E-state index is 13.2. The molecule has 2 heterocycles. The van der Waals surface area contributed by atoms with Crippen LogP contribution in [0.15, 0.2) is 53.7 Å². The summed E-state index contributed by atoms with van der Waals surface area (Å²) in [6.07, 6.45) is 1.38. The number of rotatable bonds is 8. The van der Waals surface area contributed by atoms with Gasteiger partial charge in [0, 0.05) is 37.0 Å². The summed E-state index contributed by atoms with van der Waals surface area (Å²) in [5, 5.41) is 0.721. The van der Waals surface area contributed by atoms with Gasteiger partial charge in [-0.15, -0.1) is 0 Å². The van der Waals surface area contributed by atoms with Crippen molar-refractivity contribution in [2.45, 2.75) is 23.0 Å². The van der Waals surface area contributed by atoms with Crippen LogP contribution in [-0.4, -0.2) is 76.5 Å². The Morgan fingerprint density at radius 2 is 1.92 bits per heavy atom. The normalized spacial score (nSPS) is 16.3. The summed E-state index contributed by atoms with van der Waals surface area (Å²) in [5.74, 6) is -0.0777. The maximum atomic E-state index is 13.2. The molecule has 2 aromatic carbocycles. The first kappa shape index (κ1) is 26.5. The number of benzene rings is 2. The zero-order valence-electron chi connectivity index (χ0n) is 19.8. The Kier molecular flexibility index (Phi) is 8.03. The number of anilines is 1. The number of ether oxygens (including phenoxy) is 2. The Bertz CT molecular complexity index is 1280. The molecule has 0 saturated carbocycles. The van der Waals surface area contributed by atoms with Gasteiger partial charge in [0.2, 0.25) is 5.91 Å². The molecule has 1 aliphatic heterocycles. The fourth-order valence-electron chi connectivity index (χ4n) is 4.02. The first-order chi connectivity index (χ1) is 17.6. The number of carbonyl (C=O) groups excluding carboxylic acids is 2. The van der Waals surface area contributed by atoms with Crippen molar-refractivity contribution in [2.75, 3.05) is 39.1 Å². The van der Waals surface area contributed by atoms with E-state index in [2.05, 4.69) is 9.97 Å². The van der Waals surface area contributed by atoms with Gasteiger partial charge in [-0.3, -0.25) is 9.59 Å². The van der Waals surface area contributed by atoms with Crippen molar-refractivity contribution >= 4 is 40.3 Å². The van der Waals surface area contributed by atoms with E-state index in [0.717, 1.165) is 10.9 Å². The molecule has 0 spiro atoms. The van der Waals surface area contributed by atoms with Gasteiger partial charge in [0.25, 0.3) is 5.91 Å². The SMILES string of the molecule is COC[C@@H]1C(=O)N(Cc2ccc3c(N)ncnc3c2)CCN1C(=O)COc1ccc(SC(F)(F)F)cc1. The van der Waals surface area contributed by atoms with E-state index < -0.39 is 17.5 Å². The van der Waals surface area contributed by atoms with Crippen LogP contribution in [0.25, 0.3) is 10.9 Å². The first-order valence-corrected chi connectivity index (χ1v) is 12.0. The van der Waals surface area contributed by atoms with Gasteiger partial charge in [0.05, 0.1) is 12.1 Å². The molecule has 0 bridgehead atoms. The zero-order chi connectivity index (χ0) is 26.6. The van der Waals surface area contributed by atoms with Gasteiger partial charge in [-0.1, -0.05) is 6.07 Å². The van der Waals surface area contributed by atoms with Gasteiger partial charge in [-0.2, -0.15) is 13.2 Å². The van der Waals surface area contributed by atoms with Gasteiger partial charge < -0.3 is 25.0 Å². The number of aromatic nitrogens is 2. The van der Waals surface area contributed by atoms with E-state index in [0.29, 0.717) is 24.4 Å². The highest BCUT2D eigenvalue weighted by Gasteiger charge is 2.37. The molecule has 4 rings (SSSR count). The van der Waals surface area contributed by atoms with Gasteiger partial charge in [-0.05, 0) is 53.7 Å². The number of halogens is 3. The minimum atomic E-state index is -4.39. The van der Waals surface area contributed by atoms with Crippen LogP contribution in [0.3, 0.4) is 0 Å². The van der Waals surface area contributed by atoms with Crippen molar-refractivity contribution in [2.24, 2.45) is 0 Å². The highest BCUT2D eigenvalue weighted by atomic mass is 32.2. The fourth-order valence-corrected chi connectivity index (χ4v) is 4.56. The van der Waals surface area contributed by atoms with Crippen LogP contribution in [0.1, 0.15) is 5.56 Å². The van der Waals surface area contributed by atoms with E-state index in [1.807, 2.05) is 18.2 Å². The summed E-state index contributed by atoms with van der Waals surface area (Å²) in [5.41, 5.74) is 3.01. The molecule has 0 radical (unpaired) electrons. The molecule has 2 N–H and O–H groups in total. The Balaban J connectivity index is 1.38. The van der Waals surface area contributed by atoms with Gasteiger partial charge in [0.1, 0.15) is 23.9 Å². The zero-order valence-corrected chi connectivity index (χ0v) is 20.6. The number of carbonyl (C=O) groups is 2. The molecule has 1 aliphatic rings. The monoisotopic (exact) mass is 535 g/mol. The molecule has 1 atom stereocenters. The van der Waals surface area contributed by atoms with Crippen molar-refractivity contribution < 1.29 is 32.2 Å². The summed E-state index contributed by atoms with van der Waals surface area (Å²) in [7, 11) is 1.44. The highest BCUT2D eigenvalue weighted by Crippen LogP contribution is 2.37. The Labute approximate surface area is 214 Å². The van der Waals surface area contributed by atoms with Crippen LogP contribution in [0.5, 0.6) is 5.75 Å². The second kappa shape index (κ2) is 11.2. The van der Waals surface area contributed by atoms with Crippen LogP contribution in [0, 0.1) is 0 Å². The number of fused-ring (bicyclic) bond motifs is 1. The third kappa shape index (κ3) is 6.60. The number of hydrogen-bond acceptors (Lipinski definition) is 8. The second-order valence-electron chi connectivity index (χ2n) is 8.24. The van der Waals surface area contributed by atoms with Gasteiger partial charge in [-0.25, -0.2) is 9.97 Å². The number of amides is 2. The summed E-state index contributed by atoms with van der Waals surface area (Å²) >= 11 is -0.234. The van der Waals surface area contributed by atoms with Crippen LogP contribution in [0.4, 0.5) is 19.0 Å². The fraction of sp³-hybridized carbons (Fsp3) is 0.333. The molecule has 1 saturated heterocycles. The lowest BCUT2D eigenvalue weighted by atomic mass is 10.1. The van der Waals surface area contributed by atoms with Crippen LogP contribution >= 0.6 is 11.8 Å². The largest absolute Gasteiger partial charge is 0.484 e. The van der Waals surface area contributed by atoms with E-state index in [9.17, 15) is 22.8 Å². The average molecular weight is 536 g/mol. The van der Waals surface area contributed by atoms with Crippen molar-refractivity contribution in [1.29, 1.82) is 0 Å². The summed E-state index contributed by atoms with van der Waals surface area (Å²) in [4.78, 5) is 37.4. The first-order valence-electron chi connectivity index (χ1n) is 11.2. The van der Waals surface area contributed by atoms with E-state index in [1.165, 1.54) is 42.6 Å². The number of nitrogens with two attached hydrogens (primary N) is 1. The predicted octanol–water partition coefficient (Wildman–Crippen LogP) is 3.09. The Hall–Kier alpha value is -3.58. The van der Waals surface area contributed by atoms with Crippen molar-refractivity contribution in [3.05, 3.63) is 54.4 Å². The smallest absolute Gasteiger partial charge is 0.446 e. The highest BCUT2D eigenvalue weighted by molar-refractivity contribution is 8.00. The number of piperazine rings is 1. The number of nitrogen functional groups attached to an aromatic ring is 1. The molecule has 196 valence electrons. The van der Waals surface area contributed by atoms with Crippen molar-refractivity contribution in [3.63, 3.8) is 0 Å². The van der Waals surface area contributed by atoms with E-state index in [1.54, 1.807) is 4.90 Å². The molecule has 0 unspecified atom stereocenters. The quantitative estimate of drug-likeness (QED) is 0.438. The third-order valence-electron chi connectivity index (χ3n) is 5.75. The maximum Gasteiger partial charge on any atom is 0.446 e. The third-order valence-corrected chi connectivity index (χ3v) is 6.49. The number of methoxy groups -OCH3 is 1. The van der Waals surface area contributed by atoms with Crippen LogP contribution < -0.4 is 10.5 Å². The molecular weight excluding hydrogens is 511 g/mol. The van der Waals surface area contributed by atoms with Gasteiger partial charge in [0.15, 0.2) is 6.61 Å². The number of hydrogen-bond donors (Lipinski definition) is 1. The van der Waals surface area contributed by atoms with Crippen LogP contribution in [-0.2, 0) is 20.9 Å². The van der Waals surface area contributed by atoms with Crippen molar-refractivity contribution in [1.82, 2.24) is 19.8 Å². The Morgan fingerprint density at radius 1 is 1.16 bits per heavy atom. The topological polar surface area (TPSA) is 111 Å². The molecular formula is C24H24F3N5O4S. The van der Waals surface area contributed by atoms with Gasteiger partial charge >= 0.3 is 5.51 Å². The minimum Gasteiger partial charge on any atom is -0.484 e. The summed E-state index contributed by atoms with van der Waals surface area (Å²) in [6, 6.07) is 9.92. The Morgan fingerprint density at radius 3 is 2.62 bits per heavy atom. The van der Waals surface area contributed by atoms with E-state index in [4.69, 9.17) is 15.2 Å². The average Bonchev–Trinajstić information content (AvgIpc) is 2.85. The standard InChI is InChI=1S/C24H24F3N5O4S/c1-35-12-20-23(34)31(11-15-2-7-18-19(10-15)29-14-30-22(18)28)8-9-32(20)21(33)13-36-16-3-5-17(6-4-16)37-24(25,26)27/h2-7,10,14,20H,8-9,11-13H2,1H3,(H2,28,29,30)/t20-/m1/s1.